The lowest BCUT2D eigenvalue weighted by atomic mass is 10.1. The van der Waals surface area contributed by atoms with Crippen LogP contribution < -0.4 is 4.68 Å². The molecular formula is C12H10F3N3O3S. The molecule has 22 heavy (non-hydrogen) atoms. The molecule has 0 fully saturated rings. The minimum Gasteiger partial charge on any atom is -0.748 e. The fourth-order valence-corrected chi connectivity index (χ4v) is 2.14. The molecule has 2 aromatic heterocycles. The number of hydrogen-bond acceptors (Lipinski definition) is 5. The lowest BCUT2D eigenvalue weighted by Crippen LogP contribution is -2.40. The van der Waals surface area contributed by atoms with Crippen LogP contribution in [-0.4, -0.2) is 28.8 Å². The zero-order chi connectivity index (χ0) is 16.4. The third kappa shape index (κ3) is 4.21. The first-order chi connectivity index (χ1) is 10.2. The molecule has 0 amide bonds. The third-order valence-corrected chi connectivity index (χ3v) is 3.41. The quantitative estimate of drug-likeness (QED) is 0.615. The lowest BCUT2D eigenvalue weighted by Gasteiger charge is -2.10. The second kappa shape index (κ2) is 5.97. The van der Waals surface area contributed by atoms with Gasteiger partial charge in [0.15, 0.2) is 12.7 Å². The summed E-state index contributed by atoms with van der Waals surface area (Å²) in [5.74, 6) is -0.651. The molecular weight excluding hydrogens is 323 g/mol. The van der Waals surface area contributed by atoms with Gasteiger partial charge in [-0.05, 0) is 17.2 Å². The fourth-order valence-electron chi connectivity index (χ4n) is 1.73. The summed E-state index contributed by atoms with van der Waals surface area (Å²) in [5.41, 5.74) is -1.03. The van der Waals surface area contributed by atoms with Gasteiger partial charge < -0.3 is 4.55 Å². The highest BCUT2D eigenvalue weighted by Crippen LogP contribution is 2.35. The Kier molecular flexibility index (Phi) is 4.42. The van der Waals surface area contributed by atoms with Crippen molar-refractivity contribution >= 4 is 10.1 Å². The summed E-state index contributed by atoms with van der Waals surface area (Å²) >= 11 is 0. The number of rotatable bonds is 4. The standard InChI is InChI=1S/C12H10F3N3O3S/c13-12(14,15)10-2-1-4-16-11(10)9-3-5-18(17-8-9)6-7-22(19,20)21/h1-5,8H,6-7H2. The summed E-state index contributed by atoms with van der Waals surface area (Å²) < 4.78 is 71.4. The van der Waals surface area contributed by atoms with E-state index in [-0.39, 0.29) is 17.8 Å². The van der Waals surface area contributed by atoms with Crippen LogP contribution in [-0.2, 0) is 22.8 Å². The van der Waals surface area contributed by atoms with Crippen LogP contribution in [0.15, 0.2) is 36.8 Å². The summed E-state index contributed by atoms with van der Waals surface area (Å²) in [6.45, 7) is -0.180. The Labute approximate surface area is 124 Å². The van der Waals surface area contributed by atoms with Crippen LogP contribution in [0.5, 0.6) is 0 Å². The van der Waals surface area contributed by atoms with Gasteiger partial charge in [-0.3, -0.25) is 4.98 Å². The van der Waals surface area contributed by atoms with Crippen molar-refractivity contribution in [2.24, 2.45) is 0 Å². The van der Waals surface area contributed by atoms with Crippen molar-refractivity contribution in [1.82, 2.24) is 10.1 Å². The summed E-state index contributed by atoms with van der Waals surface area (Å²) in [5, 5.41) is 3.79. The highest BCUT2D eigenvalue weighted by molar-refractivity contribution is 7.85. The van der Waals surface area contributed by atoms with E-state index in [9.17, 15) is 26.1 Å². The number of pyridine rings is 1. The van der Waals surface area contributed by atoms with Gasteiger partial charge in [-0.1, -0.05) is 4.68 Å². The van der Waals surface area contributed by atoms with Crippen LogP contribution in [0.4, 0.5) is 13.2 Å². The molecule has 118 valence electrons. The minimum absolute atomic E-state index is 0.133. The summed E-state index contributed by atoms with van der Waals surface area (Å²) in [6.07, 6.45) is -0.897. The van der Waals surface area contributed by atoms with Gasteiger partial charge in [0.2, 0.25) is 0 Å². The highest BCUT2D eigenvalue weighted by Gasteiger charge is 2.34. The molecule has 0 aliphatic rings. The van der Waals surface area contributed by atoms with Gasteiger partial charge in [-0.2, -0.15) is 13.2 Å². The molecule has 10 heteroatoms. The van der Waals surface area contributed by atoms with Gasteiger partial charge in [0, 0.05) is 17.8 Å². The van der Waals surface area contributed by atoms with Gasteiger partial charge in [-0.25, -0.2) is 8.42 Å². The van der Waals surface area contributed by atoms with Gasteiger partial charge in [0.05, 0.1) is 17.0 Å². The van der Waals surface area contributed by atoms with Crippen molar-refractivity contribution < 1.29 is 30.8 Å². The van der Waals surface area contributed by atoms with E-state index in [4.69, 9.17) is 0 Å². The van der Waals surface area contributed by atoms with Crippen LogP contribution in [0.1, 0.15) is 5.56 Å². The molecule has 0 aromatic carbocycles. The van der Waals surface area contributed by atoms with Gasteiger partial charge in [0.1, 0.15) is 16.3 Å². The predicted octanol–water partition coefficient (Wildman–Crippen LogP) is 0.995. The maximum atomic E-state index is 12.9. The van der Waals surface area contributed by atoms with E-state index in [2.05, 4.69) is 10.1 Å². The molecule has 0 aliphatic heterocycles. The monoisotopic (exact) mass is 333 g/mol. The molecule has 2 aromatic rings. The van der Waals surface area contributed by atoms with Gasteiger partial charge >= 0.3 is 6.18 Å². The molecule has 0 aliphatic carbocycles. The first-order valence-electron chi connectivity index (χ1n) is 5.99. The second-order valence-corrected chi connectivity index (χ2v) is 5.86. The average molecular weight is 333 g/mol. The highest BCUT2D eigenvalue weighted by atomic mass is 32.2. The molecule has 2 rings (SSSR count). The van der Waals surface area contributed by atoms with E-state index in [1.807, 2.05) is 0 Å². The Hall–Kier alpha value is -2.07. The first kappa shape index (κ1) is 16.3. The smallest absolute Gasteiger partial charge is 0.418 e. The van der Waals surface area contributed by atoms with Crippen molar-refractivity contribution in [2.75, 3.05) is 5.75 Å². The van der Waals surface area contributed by atoms with E-state index in [0.29, 0.717) is 0 Å². The normalized spacial score (nSPS) is 12.4. The summed E-state index contributed by atoms with van der Waals surface area (Å²) in [6, 6.07) is 3.41. The first-order valence-corrected chi connectivity index (χ1v) is 7.56. The Bertz CT molecular complexity index is 761. The fraction of sp³-hybridized carbons (Fsp3) is 0.250. The maximum absolute atomic E-state index is 12.9. The van der Waals surface area contributed by atoms with Gasteiger partial charge in [0.25, 0.3) is 0 Å². The number of aromatic nitrogens is 3. The van der Waals surface area contributed by atoms with Crippen molar-refractivity contribution in [2.45, 2.75) is 12.7 Å². The van der Waals surface area contributed by atoms with Crippen LogP contribution in [0, 0.1) is 0 Å². The van der Waals surface area contributed by atoms with E-state index < -0.39 is 27.6 Å². The molecule has 2 heterocycles. The average Bonchev–Trinajstić information content (AvgIpc) is 2.44. The number of alkyl halides is 3. The Morgan fingerprint density at radius 3 is 2.55 bits per heavy atom. The molecule has 0 radical (unpaired) electrons. The van der Waals surface area contributed by atoms with E-state index >= 15 is 0 Å². The molecule has 0 N–H and O–H groups in total. The zero-order valence-electron chi connectivity index (χ0n) is 11.0. The molecule has 6 nitrogen and oxygen atoms in total. The SMILES string of the molecule is O=S(=O)([O-])CC[n+]1ccc(-c2ncccc2C(F)(F)F)cn1. The van der Waals surface area contributed by atoms with Crippen molar-refractivity contribution in [3.8, 4) is 11.3 Å². The molecule has 0 spiro atoms. The molecule has 0 unspecified atom stereocenters. The Balaban J connectivity index is 2.28. The van der Waals surface area contributed by atoms with Crippen molar-refractivity contribution in [3.63, 3.8) is 0 Å². The van der Waals surface area contributed by atoms with E-state index in [1.54, 1.807) is 0 Å². The van der Waals surface area contributed by atoms with Crippen LogP contribution in [0.25, 0.3) is 11.3 Å². The van der Waals surface area contributed by atoms with E-state index in [1.165, 1.54) is 24.5 Å². The molecule has 0 atom stereocenters. The topological polar surface area (TPSA) is 86.9 Å². The van der Waals surface area contributed by atoms with Crippen molar-refractivity contribution in [1.29, 1.82) is 0 Å². The Morgan fingerprint density at radius 1 is 1.27 bits per heavy atom. The van der Waals surface area contributed by atoms with Crippen molar-refractivity contribution in [3.05, 3.63) is 42.4 Å². The predicted molar refractivity (Wildman–Crippen MR) is 67.2 cm³/mol. The number of halogens is 3. The van der Waals surface area contributed by atoms with Gasteiger partial charge in [-0.15, -0.1) is 0 Å². The Morgan fingerprint density at radius 2 is 2.00 bits per heavy atom. The number of aryl methyl sites for hydroxylation is 1. The van der Waals surface area contributed by atoms with E-state index in [0.717, 1.165) is 16.9 Å². The summed E-state index contributed by atoms with van der Waals surface area (Å²) in [7, 11) is -4.38. The number of nitrogens with zero attached hydrogens (tertiary/aromatic N) is 3. The largest absolute Gasteiger partial charge is 0.748 e. The summed E-state index contributed by atoms with van der Waals surface area (Å²) in [4.78, 5) is 3.72. The molecule has 0 saturated heterocycles. The lowest BCUT2D eigenvalue weighted by molar-refractivity contribution is -0.750. The van der Waals surface area contributed by atoms with Crippen LogP contribution >= 0.6 is 0 Å². The minimum atomic E-state index is -4.55. The van der Waals surface area contributed by atoms with Crippen LogP contribution in [0.3, 0.4) is 0 Å². The molecule has 0 saturated carbocycles. The third-order valence-electron chi connectivity index (χ3n) is 2.73. The molecule has 0 bridgehead atoms. The second-order valence-electron chi connectivity index (χ2n) is 4.34. The maximum Gasteiger partial charge on any atom is 0.418 e. The zero-order valence-corrected chi connectivity index (χ0v) is 11.8. The number of hydrogen-bond donors (Lipinski definition) is 0. The van der Waals surface area contributed by atoms with Crippen LogP contribution in [0.2, 0.25) is 0 Å².